The maximum Gasteiger partial charge on any atom is 0.165 e. The number of hydrogen-bond acceptors (Lipinski definition) is 7. The highest BCUT2D eigenvalue weighted by Gasteiger charge is 2.24. The minimum Gasteiger partial charge on any atom is -0.377 e. The first-order valence-corrected chi connectivity index (χ1v) is 9.08. The van der Waals surface area contributed by atoms with Crippen LogP contribution in [-0.2, 0) is 24.4 Å². The normalized spacial score (nSPS) is 18.6. The van der Waals surface area contributed by atoms with Crippen LogP contribution in [0.2, 0.25) is 0 Å². The van der Waals surface area contributed by atoms with E-state index in [9.17, 15) is 0 Å². The molecule has 136 valence electrons. The number of methoxy groups -OCH3 is 1. The molecule has 1 saturated heterocycles. The van der Waals surface area contributed by atoms with Gasteiger partial charge >= 0.3 is 0 Å². The topological polar surface area (TPSA) is 81.9 Å². The van der Waals surface area contributed by atoms with Crippen LogP contribution in [0.1, 0.15) is 55.9 Å². The highest BCUT2D eigenvalue weighted by atomic mass is 16.5. The van der Waals surface area contributed by atoms with E-state index in [0.29, 0.717) is 12.5 Å². The molecule has 0 saturated carbocycles. The number of unbranched alkanes of at least 4 members (excludes halogenated alkanes) is 1. The molecule has 1 unspecified atom stereocenters. The third-order valence-corrected chi connectivity index (χ3v) is 4.62. The Balaban J connectivity index is 1.63. The van der Waals surface area contributed by atoms with Crippen molar-refractivity contribution in [2.45, 2.75) is 58.2 Å². The van der Waals surface area contributed by atoms with E-state index in [0.717, 1.165) is 69.2 Å². The molecule has 2 aromatic rings. The summed E-state index contributed by atoms with van der Waals surface area (Å²) < 4.78 is 7.09. The molecule has 8 nitrogen and oxygen atoms in total. The Bertz CT molecular complexity index is 660. The molecule has 0 spiro atoms. The first-order valence-electron chi connectivity index (χ1n) is 9.08. The SMILES string of the molecule is CCCCn1nnnc1CN1CCCC(c2ccnc(COC)n2)C1. The average Bonchev–Trinajstić information content (AvgIpc) is 3.08. The van der Waals surface area contributed by atoms with E-state index in [1.165, 1.54) is 0 Å². The zero-order valence-electron chi connectivity index (χ0n) is 15.1. The van der Waals surface area contributed by atoms with Crippen LogP contribution < -0.4 is 0 Å². The van der Waals surface area contributed by atoms with Crippen molar-refractivity contribution in [1.29, 1.82) is 0 Å². The Morgan fingerprint density at radius 2 is 2.28 bits per heavy atom. The van der Waals surface area contributed by atoms with Crippen molar-refractivity contribution in [2.24, 2.45) is 0 Å². The van der Waals surface area contributed by atoms with Crippen LogP contribution in [0, 0.1) is 0 Å². The van der Waals surface area contributed by atoms with Gasteiger partial charge in [0.25, 0.3) is 0 Å². The fourth-order valence-electron chi connectivity index (χ4n) is 3.30. The van der Waals surface area contributed by atoms with Crippen LogP contribution in [0.5, 0.6) is 0 Å². The van der Waals surface area contributed by atoms with Gasteiger partial charge < -0.3 is 4.74 Å². The number of likely N-dealkylation sites (tertiary alicyclic amines) is 1. The molecule has 2 aromatic heterocycles. The number of piperidine rings is 1. The molecule has 3 heterocycles. The van der Waals surface area contributed by atoms with Crippen LogP contribution in [-0.4, -0.2) is 55.3 Å². The quantitative estimate of drug-likeness (QED) is 0.721. The number of tetrazole rings is 1. The number of rotatable bonds is 8. The molecule has 0 amide bonds. The Hall–Kier alpha value is -1.93. The highest BCUT2D eigenvalue weighted by molar-refractivity contribution is 5.10. The second kappa shape index (κ2) is 8.96. The van der Waals surface area contributed by atoms with Crippen LogP contribution in [0.15, 0.2) is 12.3 Å². The van der Waals surface area contributed by atoms with E-state index < -0.39 is 0 Å². The Labute approximate surface area is 148 Å². The summed E-state index contributed by atoms with van der Waals surface area (Å²) in [5.74, 6) is 2.13. The predicted octanol–water partition coefficient (Wildman–Crippen LogP) is 1.79. The van der Waals surface area contributed by atoms with Gasteiger partial charge in [-0.2, -0.15) is 0 Å². The van der Waals surface area contributed by atoms with Gasteiger partial charge in [-0.1, -0.05) is 13.3 Å². The van der Waals surface area contributed by atoms with E-state index >= 15 is 0 Å². The van der Waals surface area contributed by atoms with Gasteiger partial charge in [-0.25, -0.2) is 14.6 Å². The van der Waals surface area contributed by atoms with E-state index in [1.54, 1.807) is 7.11 Å². The van der Waals surface area contributed by atoms with Crippen molar-refractivity contribution in [3.05, 3.63) is 29.6 Å². The fraction of sp³-hybridized carbons (Fsp3) is 0.706. The van der Waals surface area contributed by atoms with E-state index in [2.05, 4.69) is 37.3 Å². The highest BCUT2D eigenvalue weighted by Crippen LogP contribution is 2.26. The van der Waals surface area contributed by atoms with Crippen LogP contribution in [0.25, 0.3) is 0 Å². The molecular formula is C17H27N7O. The lowest BCUT2D eigenvalue weighted by Gasteiger charge is -2.32. The van der Waals surface area contributed by atoms with Gasteiger partial charge in [0.05, 0.1) is 6.54 Å². The lowest BCUT2D eigenvalue weighted by Crippen LogP contribution is -2.35. The van der Waals surface area contributed by atoms with Crippen LogP contribution in [0.4, 0.5) is 0 Å². The minimum absolute atomic E-state index is 0.423. The zero-order valence-corrected chi connectivity index (χ0v) is 15.1. The summed E-state index contributed by atoms with van der Waals surface area (Å²) in [5.41, 5.74) is 1.11. The number of nitrogens with zero attached hydrogens (tertiary/aromatic N) is 7. The van der Waals surface area contributed by atoms with Crippen LogP contribution in [0.3, 0.4) is 0 Å². The lowest BCUT2D eigenvalue weighted by atomic mass is 9.94. The van der Waals surface area contributed by atoms with Crippen molar-refractivity contribution in [1.82, 2.24) is 35.1 Å². The molecule has 25 heavy (non-hydrogen) atoms. The first kappa shape index (κ1) is 17.9. The van der Waals surface area contributed by atoms with E-state index in [4.69, 9.17) is 4.74 Å². The summed E-state index contributed by atoms with van der Waals surface area (Å²) >= 11 is 0. The minimum atomic E-state index is 0.423. The standard InChI is InChI=1S/C17H27N7O/c1-3-4-10-24-17(20-21-22-24)12-23-9-5-6-14(11-23)15-7-8-18-16(19-15)13-25-2/h7-8,14H,3-6,9-13H2,1-2H3. The largest absolute Gasteiger partial charge is 0.377 e. The van der Waals surface area contributed by atoms with Gasteiger partial charge in [-0.15, -0.1) is 5.10 Å². The van der Waals surface area contributed by atoms with E-state index in [-0.39, 0.29) is 0 Å². The third-order valence-electron chi connectivity index (χ3n) is 4.62. The van der Waals surface area contributed by atoms with E-state index in [1.807, 2.05) is 16.9 Å². The number of ether oxygens (including phenoxy) is 1. The molecule has 8 heteroatoms. The molecule has 1 fully saturated rings. The molecule has 0 N–H and O–H groups in total. The summed E-state index contributed by atoms with van der Waals surface area (Å²) in [6.07, 6.45) is 6.39. The average molecular weight is 345 g/mol. The second-order valence-corrected chi connectivity index (χ2v) is 6.58. The maximum atomic E-state index is 5.15. The smallest absolute Gasteiger partial charge is 0.165 e. The zero-order chi connectivity index (χ0) is 17.5. The Morgan fingerprint density at radius 1 is 1.36 bits per heavy atom. The van der Waals surface area contributed by atoms with Gasteiger partial charge in [0.1, 0.15) is 6.61 Å². The molecule has 0 aliphatic carbocycles. The first-order chi connectivity index (χ1) is 12.3. The Kier molecular flexibility index (Phi) is 6.41. The summed E-state index contributed by atoms with van der Waals surface area (Å²) in [4.78, 5) is 11.4. The van der Waals surface area contributed by atoms with Gasteiger partial charge in [0.2, 0.25) is 0 Å². The molecular weight excluding hydrogens is 318 g/mol. The number of hydrogen-bond donors (Lipinski definition) is 0. The molecule has 1 aliphatic heterocycles. The van der Waals surface area contributed by atoms with Gasteiger partial charge in [0.15, 0.2) is 11.6 Å². The molecule has 1 aliphatic rings. The third kappa shape index (κ3) is 4.79. The second-order valence-electron chi connectivity index (χ2n) is 6.58. The van der Waals surface area contributed by atoms with Crippen molar-refractivity contribution < 1.29 is 4.74 Å². The fourth-order valence-corrected chi connectivity index (χ4v) is 3.30. The summed E-state index contributed by atoms with van der Waals surface area (Å²) in [6, 6.07) is 2.03. The van der Waals surface area contributed by atoms with Crippen molar-refractivity contribution >= 4 is 0 Å². The molecule has 0 aromatic carbocycles. The van der Waals surface area contributed by atoms with Crippen molar-refractivity contribution in [2.75, 3.05) is 20.2 Å². The maximum absolute atomic E-state index is 5.15. The molecule has 0 bridgehead atoms. The molecule has 1 atom stereocenters. The molecule has 3 rings (SSSR count). The number of aromatic nitrogens is 6. The van der Waals surface area contributed by atoms with Crippen LogP contribution >= 0.6 is 0 Å². The van der Waals surface area contributed by atoms with Gasteiger partial charge in [-0.3, -0.25) is 4.90 Å². The predicted molar refractivity (Wildman–Crippen MR) is 92.7 cm³/mol. The number of aryl methyl sites for hydroxylation is 1. The van der Waals surface area contributed by atoms with Crippen molar-refractivity contribution in [3.8, 4) is 0 Å². The van der Waals surface area contributed by atoms with Gasteiger partial charge in [0, 0.05) is 38.0 Å². The van der Waals surface area contributed by atoms with Gasteiger partial charge in [-0.05, 0) is 42.3 Å². The summed E-state index contributed by atoms with van der Waals surface area (Å²) in [7, 11) is 1.67. The lowest BCUT2D eigenvalue weighted by molar-refractivity contribution is 0.175. The molecule has 0 radical (unpaired) electrons. The summed E-state index contributed by atoms with van der Waals surface area (Å²) in [6.45, 7) is 6.37. The van der Waals surface area contributed by atoms with Crippen molar-refractivity contribution in [3.63, 3.8) is 0 Å². The monoisotopic (exact) mass is 345 g/mol. The Morgan fingerprint density at radius 3 is 3.12 bits per heavy atom. The summed E-state index contributed by atoms with van der Waals surface area (Å²) in [5, 5.41) is 12.2.